The third kappa shape index (κ3) is 6.71. The van der Waals surface area contributed by atoms with Crippen LogP contribution in [0.5, 0.6) is 5.88 Å². The first kappa shape index (κ1) is 15.7. The number of phosphoric acid groups is 1. The first-order valence-electron chi connectivity index (χ1n) is 2.43. The van der Waals surface area contributed by atoms with Crippen LogP contribution in [0.2, 0.25) is 0 Å². The number of aromatic nitrogens is 1. The second-order valence-electron chi connectivity index (χ2n) is 1.57. The van der Waals surface area contributed by atoms with Crippen molar-refractivity contribution in [3.63, 3.8) is 0 Å². The zero-order valence-electron chi connectivity index (χ0n) is 6.81. The third-order valence-corrected chi connectivity index (χ3v) is 1.20. The van der Waals surface area contributed by atoms with Crippen molar-refractivity contribution in [1.82, 2.24) is 4.98 Å². The molecule has 12 heavy (non-hydrogen) atoms. The standard InChI is InChI=1S/C4H6NO4P.2Na/c6-10(7,8)9-4-2-1-3-5-4;;/h1-3,5H,(H2,6,7,8);;/q;2*+1/p-2. The van der Waals surface area contributed by atoms with Gasteiger partial charge >= 0.3 is 59.1 Å². The molecule has 0 aliphatic rings. The van der Waals surface area contributed by atoms with Crippen LogP contribution in [-0.4, -0.2) is 4.98 Å². The maximum absolute atomic E-state index is 9.93. The molecule has 0 saturated carbocycles. The summed E-state index contributed by atoms with van der Waals surface area (Å²) in [6, 6.07) is 2.85. The summed E-state index contributed by atoms with van der Waals surface area (Å²) in [5, 5.41) is 0. The minimum Gasteiger partial charge on any atom is -0.780 e. The summed E-state index contributed by atoms with van der Waals surface area (Å²) in [6.45, 7) is 0. The molecule has 0 aliphatic carbocycles. The van der Waals surface area contributed by atoms with E-state index in [0.29, 0.717) is 0 Å². The Morgan fingerprint density at radius 3 is 2.33 bits per heavy atom. The minimum absolute atomic E-state index is 0. The van der Waals surface area contributed by atoms with Gasteiger partial charge in [0.1, 0.15) is 7.82 Å². The van der Waals surface area contributed by atoms with Crippen molar-refractivity contribution < 1.29 is 78.0 Å². The van der Waals surface area contributed by atoms with Crippen LogP contribution in [0.3, 0.4) is 0 Å². The first-order valence-corrected chi connectivity index (χ1v) is 3.89. The molecule has 0 fully saturated rings. The Labute approximate surface area is 114 Å². The SMILES string of the molecule is O=P([O-])([O-])Oc1ccc[nH]1.[Na+].[Na+]. The molecule has 0 amide bonds. The van der Waals surface area contributed by atoms with E-state index in [1.165, 1.54) is 18.3 Å². The molecule has 0 atom stereocenters. The van der Waals surface area contributed by atoms with Crippen molar-refractivity contribution in [2.75, 3.05) is 0 Å². The summed E-state index contributed by atoms with van der Waals surface area (Å²) >= 11 is 0. The van der Waals surface area contributed by atoms with Gasteiger partial charge in [-0.05, 0) is 12.1 Å². The van der Waals surface area contributed by atoms with E-state index in [1.54, 1.807) is 0 Å². The van der Waals surface area contributed by atoms with Gasteiger partial charge in [-0.2, -0.15) is 0 Å². The fourth-order valence-electron chi connectivity index (χ4n) is 0.491. The smallest absolute Gasteiger partial charge is 0.780 e. The van der Waals surface area contributed by atoms with Crippen LogP contribution in [0.1, 0.15) is 0 Å². The molecule has 1 aromatic rings. The van der Waals surface area contributed by atoms with Gasteiger partial charge < -0.3 is 23.9 Å². The van der Waals surface area contributed by atoms with E-state index in [2.05, 4.69) is 9.51 Å². The normalized spacial score (nSPS) is 9.50. The number of phosphoric ester groups is 1. The predicted octanol–water partition coefficient (Wildman–Crippen LogP) is -6.77. The first-order chi connectivity index (χ1) is 4.58. The molecule has 0 spiro atoms. The second kappa shape index (κ2) is 6.65. The Morgan fingerprint density at radius 1 is 1.42 bits per heavy atom. The fraction of sp³-hybridized carbons (Fsp3) is 0. The van der Waals surface area contributed by atoms with Crippen molar-refractivity contribution >= 4 is 7.82 Å². The van der Waals surface area contributed by atoms with E-state index in [0.717, 1.165) is 0 Å². The Hall–Kier alpha value is 1.23. The van der Waals surface area contributed by atoms with Crippen LogP contribution in [0.25, 0.3) is 0 Å². The van der Waals surface area contributed by atoms with Gasteiger partial charge in [0.15, 0.2) is 5.88 Å². The molecule has 1 rings (SSSR count). The number of hydrogen-bond acceptors (Lipinski definition) is 4. The van der Waals surface area contributed by atoms with Gasteiger partial charge in [-0.25, -0.2) is 0 Å². The van der Waals surface area contributed by atoms with Crippen molar-refractivity contribution in [2.24, 2.45) is 0 Å². The molecule has 0 radical (unpaired) electrons. The number of nitrogens with one attached hydrogen (secondary N) is 1. The van der Waals surface area contributed by atoms with Crippen LogP contribution in [0, 0.1) is 0 Å². The van der Waals surface area contributed by atoms with Crippen LogP contribution in [0.4, 0.5) is 0 Å². The van der Waals surface area contributed by atoms with Gasteiger partial charge in [-0.3, -0.25) is 0 Å². The Kier molecular flexibility index (Phi) is 8.69. The summed E-state index contributed by atoms with van der Waals surface area (Å²) in [6.07, 6.45) is 1.45. The van der Waals surface area contributed by atoms with E-state index in [-0.39, 0.29) is 65.0 Å². The molecule has 0 aliphatic heterocycles. The maximum Gasteiger partial charge on any atom is 1.00 e. The third-order valence-electron chi connectivity index (χ3n) is 0.780. The van der Waals surface area contributed by atoms with Crippen molar-refractivity contribution in [2.45, 2.75) is 0 Å². The quantitative estimate of drug-likeness (QED) is 0.385. The molecule has 0 bridgehead atoms. The van der Waals surface area contributed by atoms with E-state index in [1.807, 2.05) is 0 Å². The average Bonchev–Trinajstić information content (AvgIpc) is 2.12. The fourth-order valence-corrected chi connectivity index (χ4v) is 0.846. The van der Waals surface area contributed by atoms with E-state index in [9.17, 15) is 14.4 Å². The molecule has 1 aromatic heterocycles. The van der Waals surface area contributed by atoms with Gasteiger partial charge in [0.05, 0.1) is 0 Å². The van der Waals surface area contributed by atoms with Gasteiger partial charge in [0.2, 0.25) is 0 Å². The van der Waals surface area contributed by atoms with Crippen molar-refractivity contribution in [3.8, 4) is 5.88 Å². The molecule has 1 heterocycles. The van der Waals surface area contributed by atoms with Crippen LogP contribution < -0.4 is 73.4 Å². The summed E-state index contributed by atoms with van der Waals surface area (Å²) < 4.78 is 13.9. The average molecular weight is 207 g/mol. The summed E-state index contributed by atoms with van der Waals surface area (Å²) in [5.41, 5.74) is 0. The molecule has 0 aromatic carbocycles. The molecule has 8 heteroatoms. The Morgan fingerprint density at radius 2 is 2.00 bits per heavy atom. The zero-order valence-corrected chi connectivity index (χ0v) is 11.7. The predicted molar refractivity (Wildman–Crippen MR) is 29.0 cm³/mol. The zero-order chi connectivity index (χ0) is 7.61. The molecule has 1 N–H and O–H groups in total. The Balaban J connectivity index is 0. The maximum atomic E-state index is 9.93. The minimum atomic E-state index is -4.89. The molecule has 56 valence electrons. The summed E-state index contributed by atoms with van der Waals surface area (Å²) in [5.74, 6) is -0.0617. The molecule has 0 unspecified atom stereocenters. The van der Waals surface area contributed by atoms with Crippen LogP contribution in [-0.2, 0) is 4.57 Å². The number of hydrogen-bond donors (Lipinski definition) is 1. The van der Waals surface area contributed by atoms with E-state index >= 15 is 0 Å². The molecule has 0 saturated heterocycles. The summed E-state index contributed by atoms with van der Waals surface area (Å²) in [7, 11) is -4.89. The Bertz CT molecular complexity index is 246. The number of rotatable bonds is 2. The second-order valence-corrected chi connectivity index (χ2v) is 2.65. The van der Waals surface area contributed by atoms with Crippen molar-refractivity contribution in [1.29, 1.82) is 0 Å². The van der Waals surface area contributed by atoms with Crippen molar-refractivity contribution in [3.05, 3.63) is 18.3 Å². The van der Waals surface area contributed by atoms with Crippen LogP contribution >= 0.6 is 7.82 Å². The van der Waals surface area contributed by atoms with E-state index < -0.39 is 7.82 Å². The van der Waals surface area contributed by atoms with Gasteiger partial charge in [-0.15, -0.1) is 0 Å². The monoisotopic (exact) mass is 207 g/mol. The molecular formula is C4H4NNa2O4P. The van der Waals surface area contributed by atoms with Crippen LogP contribution in [0.15, 0.2) is 18.3 Å². The molecule has 5 nitrogen and oxygen atoms in total. The topological polar surface area (TPSA) is 88.2 Å². The van der Waals surface area contributed by atoms with E-state index in [4.69, 9.17) is 0 Å². The largest absolute Gasteiger partial charge is 1.00 e. The van der Waals surface area contributed by atoms with Gasteiger partial charge in [0.25, 0.3) is 0 Å². The summed E-state index contributed by atoms with van der Waals surface area (Å²) in [4.78, 5) is 22.3. The number of aromatic amines is 1. The molecular weight excluding hydrogens is 203 g/mol. The van der Waals surface area contributed by atoms with Gasteiger partial charge in [0, 0.05) is 6.20 Å². The number of H-pyrrole nitrogens is 1. The van der Waals surface area contributed by atoms with Gasteiger partial charge in [-0.1, -0.05) is 0 Å².